The van der Waals surface area contributed by atoms with Gasteiger partial charge in [-0.2, -0.15) is 0 Å². The van der Waals surface area contributed by atoms with Crippen LogP contribution in [0.2, 0.25) is 0 Å². The van der Waals surface area contributed by atoms with Gasteiger partial charge in [0.1, 0.15) is 11.4 Å². The molecule has 1 saturated carbocycles. The summed E-state index contributed by atoms with van der Waals surface area (Å²) < 4.78 is 5.62. The van der Waals surface area contributed by atoms with Crippen molar-refractivity contribution in [2.75, 3.05) is 19.6 Å². The Labute approximate surface area is 150 Å². The number of rotatable bonds is 6. The van der Waals surface area contributed by atoms with E-state index < -0.39 is 5.60 Å². The van der Waals surface area contributed by atoms with E-state index in [1.807, 2.05) is 30.3 Å². The summed E-state index contributed by atoms with van der Waals surface area (Å²) in [5.41, 5.74) is 0.216. The van der Waals surface area contributed by atoms with Gasteiger partial charge in [0.05, 0.1) is 6.26 Å². The zero-order chi connectivity index (χ0) is 17.1. The molecule has 25 heavy (non-hydrogen) atoms. The minimum absolute atomic E-state index is 0.599. The molecule has 1 aromatic heterocycles. The molecule has 3 heterocycles. The molecule has 2 bridgehead atoms. The molecule has 0 spiro atoms. The minimum atomic E-state index is -0.934. The molecule has 5 rings (SSSR count). The average molecular weight is 339 g/mol. The number of fused-ring (bicyclic) bond motifs is 4. The van der Waals surface area contributed by atoms with Gasteiger partial charge in [-0.05, 0) is 61.6 Å². The highest BCUT2D eigenvalue weighted by Gasteiger charge is 2.35. The van der Waals surface area contributed by atoms with E-state index in [4.69, 9.17) is 4.42 Å². The summed E-state index contributed by atoms with van der Waals surface area (Å²) in [6.07, 6.45) is 8.57. The van der Waals surface area contributed by atoms with Crippen LogP contribution in [0.25, 0.3) is 0 Å². The maximum atomic E-state index is 11.5. The summed E-state index contributed by atoms with van der Waals surface area (Å²) >= 11 is 0. The first-order valence-electron chi connectivity index (χ1n) is 9.74. The topological polar surface area (TPSA) is 36.6 Å². The summed E-state index contributed by atoms with van der Waals surface area (Å²) in [5, 5.41) is 11.5. The third-order valence-electron chi connectivity index (χ3n) is 6.16. The van der Waals surface area contributed by atoms with Crippen molar-refractivity contribution in [3.05, 3.63) is 60.1 Å². The van der Waals surface area contributed by atoms with Gasteiger partial charge in [0.15, 0.2) is 0 Å². The molecule has 0 radical (unpaired) electrons. The summed E-state index contributed by atoms with van der Waals surface area (Å²) in [6, 6.07) is 14.0. The minimum Gasteiger partial charge on any atom is -0.466 e. The van der Waals surface area contributed by atoms with Crippen molar-refractivity contribution in [2.45, 2.75) is 44.1 Å². The van der Waals surface area contributed by atoms with Crippen LogP contribution in [-0.2, 0) is 12.0 Å². The lowest BCUT2D eigenvalue weighted by Gasteiger charge is -2.30. The van der Waals surface area contributed by atoms with Gasteiger partial charge in [0.25, 0.3) is 0 Å². The third-order valence-corrected chi connectivity index (χ3v) is 6.16. The Hall–Kier alpha value is -1.58. The van der Waals surface area contributed by atoms with E-state index in [2.05, 4.69) is 17.0 Å². The number of aliphatic hydroxyl groups is 1. The molecule has 1 N–H and O–H groups in total. The molecule has 2 saturated heterocycles. The van der Waals surface area contributed by atoms with Crippen LogP contribution in [0.1, 0.15) is 43.4 Å². The average Bonchev–Trinajstić information content (AvgIpc) is 3.03. The summed E-state index contributed by atoms with van der Waals surface area (Å²) in [6.45, 7) is 3.35. The van der Waals surface area contributed by atoms with Gasteiger partial charge in [-0.15, -0.1) is 0 Å². The van der Waals surface area contributed by atoms with Gasteiger partial charge in [0, 0.05) is 26.1 Å². The second-order valence-corrected chi connectivity index (χ2v) is 8.07. The van der Waals surface area contributed by atoms with E-state index in [1.54, 1.807) is 6.26 Å². The molecule has 3 nitrogen and oxygen atoms in total. The van der Waals surface area contributed by atoms with Gasteiger partial charge in [-0.3, -0.25) is 0 Å². The Morgan fingerprint density at radius 3 is 2.24 bits per heavy atom. The van der Waals surface area contributed by atoms with Crippen molar-refractivity contribution in [3.8, 4) is 0 Å². The van der Waals surface area contributed by atoms with E-state index in [0.717, 1.165) is 30.4 Å². The maximum Gasteiger partial charge on any atom is 0.135 e. The highest BCUT2D eigenvalue weighted by molar-refractivity contribution is 5.21. The van der Waals surface area contributed by atoms with Crippen molar-refractivity contribution in [1.29, 1.82) is 0 Å². The molecule has 2 aromatic rings. The fourth-order valence-corrected chi connectivity index (χ4v) is 4.70. The second kappa shape index (κ2) is 7.35. The van der Waals surface area contributed by atoms with Crippen LogP contribution in [-0.4, -0.2) is 29.6 Å². The van der Waals surface area contributed by atoms with Gasteiger partial charge < -0.3 is 14.4 Å². The molecule has 0 unspecified atom stereocenters. The van der Waals surface area contributed by atoms with Crippen LogP contribution in [0.3, 0.4) is 0 Å². The van der Waals surface area contributed by atoms with Crippen molar-refractivity contribution in [2.24, 2.45) is 11.8 Å². The zero-order valence-corrected chi connectivity index (χ0v) is 14.9. The Balaban J connectivity index is 1.47. The summed E-state index contributed by atoms with van der Waals surface area (Å²) in [7, 11) is 0. The number of nitrogens with zero attached hydrogens (tertiary/aromatic N) is 1. The lowest BCUT2D eigenvalue weighted by Crippen LogP contribution is -2.36. The predicted octanol–water partition coefficient (Wildman–Crippen LogP) is 4.22. The second-order valence-electron chi connectivity index (χ2n) is 8.07. The maximum absolute atomic E-state index is 11.5. The molecule has 1 aliphatic carbocycles. The Kier molecular flexibility index (Phi) is 4.96. The molecule has 1 atom stereocenters. The Bertz CT molecular complexity index is 632. The van der Waals surface area contributed by atoms with Crippen LogP contribution in [0.15, 0.2) is 53.1 Å². The molecule has 3 heteroatoms. The number of benzene rings is 1. The largest absolute Gasteiger partial charge is 0.466 e. The van der Waals surface area contributed by atoms with Gasteiger partial charge in [-0.1, -0.05) is 30.3 Å². The molecular formula is C22H29NO2. The van der Waals surface area contributed by atoms with E-state index in [9.17, 15) is 5.11 Å². The predicted molar refractivity (Wildman–Crippen MR) is 99.3 cm³/mol. The van der Waals surface area contributed by atoms with Crippen molar-refractivity contribution >= 4 is 0 Å². The first-order valence-corrected chi connectivity index (χ1v) is 9.74. The van der Waals surface area contributed by atoms with E-state index >= 15 is 0 Å². The van der Waals surface area contributed by atoms with Crippen LogP contribution >= 0.6 is 0 Å². The van der Waals surface area contributed by atoms with Gasteiger partial charge in [0.2, 0.25) is 0 Å². The Morgan fingerprint density at radius 2 is 1.64 bits per heavy atom. The quantitative estimate of drug-likeness (QED) is 0.856. The number of hydrogen-bond acceptors (Lipinski definition) is 3. The van der Waals surface area contributed by atoms with Crippen LogP contribution < -0.4 is 0 Å². The fourth-order valence-electron chi connectivity index (χ4n) is 4.70. The van der Waals surface area contributed by atoms with Gasteiger partial charge >= 0.3 is 0 Å². The van der Waals surface area contributed by atoms with Crippen LogP contribution in [0.4, 0.5) is 0 Å². The fraction of sp³-hybridized carbons (Fsp3) is 0.545. The van der Waals surface area contributed by atoms with E-state index in [0.29, 0.717) is 12.2 Å². The molecule has 3 aliphatic rings. The number of hydrogen-bond donors (Lipinski definition) is 1. The number of furan rings is 1. The Morgan fingerprint density at radius 1 is 0.960 bits per heavy atom. The van der Waals surface area contributed by atoms with Crippen LogP contribution in [0.5, 0.6) is 0 Å². The smallest absolute Gasteiger partial charge is 0.135 e. The lowest BCUT2D eigenvalue weighted by molar-refractivity contribution is -0.00327. The normalized spacial score (nSPS) is 26.3. The molecule has 0 amide bonds. The molecule has 134 valence electrons. The van der Waals surface area contributed by atoms with Crippen molar-refractivity contribution < 1.29 is 9.52 Å². The molecule has 1 aromatic carbocycles. The summed E-state index contributed by atoms with van der Waals surface area (Å²) in [5.74, 6) is 2.42. The summed E-state index contributed by atoms with van der Waals surface area (Å²) in [4.78, 5) is 2.59. The van der Waals surface area contributed by atoms with Gasteiger partial charge in [-0.25, -0.2) is 0 Å². The van der Waals surface area contributed by atoms with Crippen LogP contribution in [0, 0.1) is 11.8 Å². The molecule has 3 fully saturated rings. The highest BCUT2D eigenvalue weighted by atomic mass is 16.4. The highest BCUT2D eigenvalue weighted by Crippen LogP contribution is 2.35. The lowest BCUT2D eigenvalue weighted by atomic mass is 9.84. The standard InChI is InChI=1S/C22H29NO2/c24-22(21-7-4-14-25-21,15-18-5-2-1-3-6-18)12-13-23-16-19-8-9-20(17-23)11-10-19/h1-7,14,19-20,24H,8-13,15-17H2/t19?,20?,22-/m0/s1. The molecule has 2 aliphatic heterocycles. The third kappa shape index (κ3) is 3.99. The molecular weight excluding hydrogens is 310 g/mol. The monoisotopic (exact) mass is 339 g/mol. The SMILES string of the molecule is O[C@@](CCN1CC2CCC(CC2)C1)(Cc1ccccc1)c1ccco1. The zero-order valence-electron chi connectivity index (χ0n) is 14.9. The van der Waals surface area contributed by atoms with E-state index in [-0.39, 0.29) is 0 Å². The van der Waals surface area contributed by atoms with Crippen molar-refractivity contribution in [1.82, 2.24) is 4.90 Å². The van der Waals surface area contributed by atoms with E-state index in [1.165, 1.54) is 38.8 Å². The van der Waals surface area contributed by atoms with Crippen molar-refractivity contribution in [3.63, 3.8) is 0 Å². The first kappa shape index (κ1) is 16.9. The first-order chi connectivity index (χ1) is 12.2.